The van der Waals surface area contributed by atoms with Gasteiger partial charge in [0.25, 0.3) is 0 Å². The topological polar surface area (TPSA) is 237 Å². The van der Waals surface area contributed by atoms with Crippen molar-refractivity contribution in [2.24, 2.45) is 11.8 Å². The first-order chi connectivity index (χ1) is 44.9. The molecule has 0 amide bonds. The Labute approximate surface area is 568 Å². The molecule has 0 spiro atoms. The number of unbranched alkanes of at least 4 members (excludes halogenated alkanes) is 43. The monoisotopic (exact) mass is 1370 g/mol. The van der Waals surface area contributed by atoms with E-state index in [-0.39, 0.29) is 25.7 Å². The largest absolute Gasteiger partial charge is 0.472 e. The van der Waals surface area contributed by atoms with Crippen molar-refractivity contribution in [1.29, 1.82) is 0 Å². The molecule has 17 nitrogen and oxygen atoms in total. The standard InChI is InChI=1S/C74H144O17P2/c1-7-9-11-13-15-17-19-21-23-27-31-38-44-50-56-71(76)84-62-69(90-74(79)59-53-47-41-33-29-25-26-30-36-42-48-54-66(3)4)64-88-92(80,81)86-60-68(75)61-87-93(82,83)89-65-70(63-85-72(77)57-51-45-39-35-34-37-43-49-55-67(5)6)91-73(78)58-52-46-40-32-28-24-22-20-18-16-14-12-10-8-2/h66-70,75H,7-65H2,1-6H3,(H,80,81)(H,82,83)/t68-,69-,70-/m1/s1. The Hall–Kier alpha value is -1.94. The third kappa shape index (κ3) is 68.4. The summed E-state index contributed by atoms with van der Waals surface area (Å²) in [6.45, 7) is 9.56. The lowest BCUT2D eigenvalue weighted by Crippen LogP contribution is -2.30. The summed E-state index contributed by atoms with van der Waals surface area (Å²) in [6.07, 6.45) is 52.6. The second-order valence-electron chi connectivity index (χ2n) is 27.6. The van der Waals surface area contributed by atoms with Gasteiger partial charge in [-0.25, -0.2) is 9.13 Å². The van der Waals surface area contributed by atoms with Gasteiger partial charge in [0.1, 0.15) is 19.3 Å². The zero-order valence-corrected chi connectivity index (χ0v) is 62.3. The average Bonchev–Trinajstić information content (AvgIpc) is 3.58. The van der Waals surface area contributed by atoms with Crippen LogP contribution < -0.4 is 0 Å². The van der Waals surface area contributed by atoms with Gasteiger partial charge in [0.15, 0.2) is 12.2 Å². The number of aliphatic hydroxyl groups is 1. The summed E-state index contributed by atoms with van der Waals surface area (Å²) in [5, 5.41) is 10.6. The molecule has 0 aromatic rings. The molecule has 0 radical (unpaired) electrons. The molecule has 0 bridgehead atoms. The summed E-state index contributed by atoms with van der Waals surface area (Å²) in [6, 6.07) is 0. The van der Waals surface area contributed by atoms with Gasteiger partial charge >= 0.3 is 39.5 Å². The van der Waals surface area contributed by atoms with E-state index >= 15 is 0 Å². The van der Waals surface area contributed by atoms with Crippen molar-refractivity contribution < 1.29 is 80.2 Å². The molecule has 0 aliphatic heterocycles. The number of esters is 4. The number of ether oxygens (including phenoxy) is 4. The Morgan fingerprint density at radius 1 is 0.290 bits per heavy atom. The van der Waals surface area contributed by atoms with Gasteiger partial charge < -0.3 is 33.8 Å². The van der Waals surface area contributed by atoms with E-state index in [4.69, 9.17) is 37.0 Å². The molecule has 3 N–H and O–H groups in total. The van der Waals surface area contributed by atoms with Gasteiger partial charge in [-0.15, -0.1) is 0 Å². The van der Waals surface area contributed by atoms with E-state index in [1.807, 2.05) is 0 Å². The Morgan fingerprint density at radius 2 is 0.495 bits per heavy atom. The fourth-order valence-electron chi connectivity index (χ4n) is 11.3. The summed E-state index contributed by atoms with van der Waals surface area (Å²) in [7, 11) is -9.91. The normalized spacial score (nSPS) is 14.1. The van der Waals surface area contributed by atoms with Crippen LogP contribution in [0.4, 0.5) is 0 Å². The molecule has 0 fully saturated rings. The van der Waals surface area contributed by atoms with Crippen LogP contribution in [0.15, 0.2) is 0 Å². The number of hydrogen-bond donors (Lipinski definition) is 3. The molecule has 0 aliphatic rings. The lowest BCUT2D eigenvalue weighted by Gasteiger charge is -2.21. The van der Waals surface area contributed by atoms with Gasteiger partial charge in [0.2, 0.25) is 0 Å². The van der Waals surface area contributed by atoms with Gasteiger partial charge in [0, 0.05) is 25.7 Å². The van der Waals surface area contributed by atoms with Crippen LogP contribution in [-0.2, 0) is 65.4 Å². The van der Waals surface area contributed by atoms with Gasteiger partial charge in [0.05, 0.1) is 26.4 Å². The Bertz CT molecular complexity index is 1800. The summed E-state index contributed by atoms with van der Waals surface area (Å²) < 4.78 is 68.5. The first kappa shape index (κ1) is 91.1. The number of aliphatic hydroxyl groups excluding tert-OH is 1. The summed E-state index contributed by atoms with van der Waals surface area (Å²) >= 11 is 0. The minimum Gasteiger partial charge on any atom is -0.462 e. The fraction of sp³-hybridized carbons (Fsp3) is 0.946. The molecule has 93 heavy (non-hydrogen) atoms. The van der Waals surface area contributed by atoms with E-state index < -0.39 is 97.5 Å². The Morgan fingerprint density at radius 3 is 0.731 bits per heavy atom. The van der Waals surface area contributed by atoms with Crippen LogP contribution in [0.5, 0.6) is 0 Å². The van der Waals surface area contributed by atoms with E-state index in [1.54, 1.807) is 0 Å². The summed E-state index contributed by atoms with van der Waals surface area (Å²) in [4.78, 5) is 72.8. The molecule has 0 aliphatic carbocycles. The predicted octanol–water partition coefficient (Wildman–Crippen LogP) is 21.6. The van der Waals surface area contributed by atoms with E-state index in [9.17, 15) is 43.2 Å². The maximum Gasteiger partial charge on any atom is 0.472 e. The number of carbonyl (C=O) groups is 4. The number of hydrogen-bond acceptors (Lipinski definition) is 15. The van der Waals surface area contributed by atoms with Crippen molar-refractivity contribution in [3.05, 3.63) is 0 Å². The van der Waals surface area contributed by atoms with Crippen LogP contribution in [0, 0.1) is 11.8 Å². The highest BCUT2D eigenvalue weighted by molar-refractivity contribution is 7.47. The number of phosphoric acid groups is 2. The first-order valence-corrected chi connectivity index (χ1v) is 41.5. The highest BCUT2D eigenvalue weighted by Gasteiger charge is 2.30. The summed E-state index contributed by atoms with van der Waals surface area (Å²) in [5.41, 5.74) is 0. The quantitative estimate of drug-likeness (QED) is 0.0222. The van der Waals surface area contributed by atoms with Crippen molar-refractivity contribution in [2.75, 3.05) is 39.6 Å². The zero-order chi connectivity index (χ0) is 68.6. The SMILES string of the molecule is CCCCCCCCCCCCCCCCC(=O)OC[C@H](COP(=O)(O)OC[C@@H](O)COP(=O)(O)OC[C@@H](COC(=O)CCCCCCCCCCC(C)C)OC(=O)CCCCCCCCCCCCCCCC)OC(=O)CCCCCCCCCCCCCC(C)C. The lowest BCUT2D eigenvalue weighted by molar-refractivity contribution is -0.161. The van der Waals surface area contributed by atoms with Crippen molar-refractivity contribution in [3.8, 4) is 0 Å². The number of rotatable bonds is 73. The van der Waals surface area contributed by atoms with Crippen LogP contribution in [0.3, 0.4) is 0 Å². The van der Waals surface area contributed by atoms with Crippen molar-refractivity contribution >= 4 is 39.5 Å². The van der Waals surface area contributed by atoms with E-state index in [0.29, 0.717) is 25.7 Å². The molecule has 0 aromatic carbocycles. The van der Waals surface area contributed by atoms with E-state index in [2.05, 4.69) is 41.5 Å². The maximum absolute atomic E-state index is 13.1. The zero-order valence-electron chi connectivity index (χ0n) is 60.6. The molecule has 5 atom stereocenters. The predicted molar refractivity (Wildman–Crippen MR) is 377 cm³/mol. The smallest absolute Gasteiger partial charge is 0.462 e. The molecule has 552 valence electrons. The highest BCUT2D eigenvalue weighted by atomic mass is 31.2. The van der Waals surface area contributed by atoms with Crippen LogP contribution in [0.2, 0.25) is 0 Å². The van der Waals surface area contributed by atoms with Crippen molar-refractivity contribution in [1.82, 2.24) is 0 Å². The molecular formula is C74H144O17P2. The molecule has 19 heteroatoms. The lowest BCUT2D eigenvalue weighted by atomic mass is 10.0. The average molecular weight is 1370 g/mol. The number of carbonyl (C=O) groups excluding carboxylic acids is 4. The van der Waals surface area contributed by atoms with Crippen LogP contribution in [0.25, 0.3) is 0 Å². The molecule has 0 rings (SSSR count). The van der Waals surface area contributed by atoms with Gasteiger partial charge in [-0.1, -0.05) is 330 Å². The third-order valence-electron chi connectivity index (χ3n) is 17.2. The molecule has 0 saturated carbocycles. The molecule has 2 unspecified atom stereocenters. The first-order valence-electron chi connectivity index (χ1n) is 38.5. The number of phosphoric ester groups is 2. The fourth-order valence-corrected chi connectivity index (χ4v) is 12.9. The third-order valence-corrected chi connectivity index (χ3v) is 19.1. The molecule has 0 heterocycles. The molecular weight excluding hydrogens is 1220 g/mol. The minimum atomic E-state index is -4.95. The molecule has 0 aromatic heterocycles. The Balaban J connectivity index is 5.26. The Kier molecular flexibility index (Phi) is 64.6. The summed E-state index contributed by atoms with van der Waals surface area (Å²) in [5.74, 6) is -0.625. The molecule has 0 saturated heterocycles. The van der Waals surface area contributed by atoms with Gasteiger partial charge in [-0.05, 0) is 37.5 Å². The maximum atomic E-state index is 13.1. The second kappa shape index (κ2) is 66.0. The second-order valence-corrected chi connectivity index (χ2v) is 30.5. The van der Waals surface area contributed by atoms with Gasteiger partial charge in [-0.3, -0.25) is 37.3 Å². The van der Waals surface area contributed by atoms with E-state index in [0.717, 1.165) is 102 Å². The van der Waals surface area contributed by atoms with Crippen LogP contribution >= 0.6 is 15.6 Å². The van der Waals surface area contributed by atoms with Crippen LogP contribution in [-0.4, -0.2) is 96.7 Å². The van der Waals surface area contributed by atoms with Crippen molar-refractivity contribution in [3.63, 3.8) is 0 Å². The van der Waals surface area contributed by atoms with Crippen molar-refractivity contribution in [2.45, 2.75) is 400 Å². The highest BCUT2D eigenvalue weighted by Crippen LogP contribution is 2.45. The van der Waals surface area contributed by atoms with Crippen LogP contribution in [0.1, 0.15) is 382 Å². The van der Waals surface area contributed by atoms with E-state index in [1.165, 1.54) is 199 Å². The van der Waals surface area contributed by atoms with Gasteiger partial charge in [-0.2, -0.15) is 0 Å². The minimum absolute atomic E-state index is 0.107.